The summed E-state index contributed by atoms with van der Waals surface area (Å²) >= 11 is 0. The molecule has 0 spiro atoms. The van der Waals surface area contributed by atoms with Crippen molar-refractivity contribution in [1.29, 1.82) is 0 Å². The average molecular weight is 899 g/mol. The van der Waals surface area contributed by atoms with Crippen LogP contribution in [0.15, 0.2) is 36.5 Å². The lowest BCUT2D eigenvalue weighted by atomic mass is 10.0. The summed E-state index contributed by atoms with van der Waals surface area (Å²) in [5.41, 5.74) is 0. The number of hydrogen-bond donors (Lipinski definition) is 0. The largest absolute Gasteiger partial charge is 0.462 e. The first kappa shape index (κ1) is 61.6. The Labute approximate surface area is 397 Å². The summed E-state index contributed by atoms with van der Waals surface area (Å²) in [6, 6.07) is 0. The number of carbonyl (C=O) groups is 3. The second-order valence-electron chi connectivity index (χ2n) is 18.8. The SMILES string of the molecule is CCCC/C=C\C/C=C\CCCCCCCC(=O)O[C@H](COC(=O)CCCCCCC/C=C\CCCCCC)COC(=O)CCCCCCCCCCCCCCCCCCCCC. The van der Waals surface area contributed by atoms with Crippen molar-refractivity contribution in [2.45, 2.75) is 303 Å². The van der Waals surface area contributed by atoms with E-state index in [1.165, 1.54) is 167 Å². The summed E-state index contributed by atoms with van der Waals surface area (Å²) in [4.78, 5) is 38.1. The smallest absolute Gasteiger partial charge is 0.306 e. The molecule has 0 aliphatic heterocycles. The Morgan fingerprint density at radius 3 is 0.938 bits per heavy atom. The first-order chi connectivity index (χ1) is 31.5. The molecule has 0 radical (unpaired) electrons. The maximum Gasteiger partial charge on any atom is 0.306 e. The van der Waals surface area contributed by atoms with E-state index in [4.69, 9.17) is 14.2 Å². The first-order valence-electron chi connectivity index (χ1n) is 28.0. The van der Waals surface area contributed by atoms with Crippen LogP contribution >= 0.6 is 0 Å². The van der Waals surface area contributed by atoms with Gasteiger partial charge in [-0.05, 0) is 70.6 Å². The molecule has 0 fully saturated rings. The Balaban J connectivity index is 4.32. The summed E-state index contributed by atoms with van der Waals surface area (Å²) < 4.78 is 16.8. The van der Waals surface area contributed by atoms with E-state index in [0.29, 0.717) is 19.3 Å². The molecular weight excluding hydrogens is 793 g/mol. The molecule has 0 N–H and O–H groups in total. The Hall–Kier alpha value is -2.37. The Kier molecular flexibility index (Phi) is 51.3. The molecular formula is C58H106O6. The van der Waals surface area contributed by atoms with Crippen molar-refractivity contribution in [3.05, 3.63) is 36.5 Å². The second-order valence-corrected chi connectivity index (χ2v) is 18.8. The third kappa shape index (κ3) is 50.6. The predicted octanol–water partition coefficient (Wildman–Crippen LogP) is 18.5. The fourth-order valence-corrected chi connectivity index (χ4v) is 8.10. The van der Waals surface area contributed by atoms with E-state index in [0.717, 1.165) is 89.9 Å². The normalized spacial score (nSPS) is 12.2. The van der Waals surface area contributed by atoms with Crippen LogP contribution in [0.2, 0.25) is 0 Å². The number of allylic oxidation sites excluding steroid dienone is 6. The van der Waals surface area contributed by atoms with E-state index in [1.54, 1.807) is 0 Å². The summed E-state index contributed by atoms with van der Waals surface area (Å²) in [7, 11) is 0. The molecule has 6 heteroatoms. The fourth-order valence-electron chi connectivity index (χ4n) is 8.10. The van der Waals surface area contributed by atoms with Gasteiger partial charge in [0.25, 0.3) is 0 Å². The maximum absolute atomic E-state index is 12.8. The van der Waals surface area contributed by atoms with Crippen LogP contribution in [0.25, 0.3) is 0 Å². The number of rotatable bonds is 51. The van der Waals surface area contributed by atoms with Crippen molar-refractivity contribution < 1.29 is 28.6 Å². The van der Waals surface area contributed by atoms with Crippen molar-refractivity contribution in [3.63, 3.8) is 0 Å². The topological polar surface area (TPSA) is 78.9 Å². The van der Waals surface area contributed by atoms with Gasteiger partial charge in [0.05, 0.1) is 0 Å². The van der Waals surface area contributed by atoms with Crippen molar-refractivity contribution in [2.75, 3.05) is 13.2 Å². The predicted molar refractivity (Wildman–Crippen MR) is 275 cm³/mol. The monoisotopic (exact) mass is 899 g/mol. The fraction of sp³-hybridized carbons (Fsp3) is 0.845. The van der Waals surface area contributed by atoms with Gasteiger partial charge in [-0.25, -0.2) is 0 Å². The van der Waals surface area contributed by atoms with E-state index in [2.05, 4.69) is 57.2 Å². The van der Waals surface area contributed by atoms with Gasteiger partial charge in [0, 0.05) is 19.3 Å². The Morgan fingerprint density at radius 1 is 0.312 bits per heavy atom. The number of ether oxygens (including phenoxy) is 3. The van der Waals surface area contributed by atoms with Gasteiger partial charge in [0.2, 0.25) is 0 Å². The van der Waals surface area contributed by atoms with Crippen molar-refractivity contribution >= 4 is 17.9 Å². The third-order valence-electron chi connectivity index (χ3n) is 12.4. The molecule has 64 heavy (non-hydrogen) atoms. The molecule has 1 atom stereocenters. The van der Waals surface area contributed by atoms with Gasteiger partial charge >= 0.3 is 17.9 Å². The summed E-state index contributed by atoms with van der Waals surface area (Å²) in [5.74, 6) is -0.886. The molecule has 0 aromatic heterocycles. The van der Waals surface area contributed by atoms with Gasteiger partial charge < -0.3 is 14.2 Å². The van der Waals surface area contributed by atoms with Crippen molar-refractivity contribution in [1.82, 2.24) is 0 Å². The molecule has 0 aliphatic carbocycles. The van der Waals surface area contributed by atoms with Gasteiger partial charge in [-0.15, -0.1) is 0 Å². The van der Waals surface area contributed by atoms with Gasteiger partial charge in [-0.2, -0.15) is 0 Å². The van der Waals surface area contributed by atoms with Crippen LogP contribution in [0.4, 0.5) is 0 Å². The van der Waals surface area contributed by atoms with E-state index in [-0.39, 0.29) is 31.1 Å². The van der Waals surface area contributed by atoms with Crippen LogP contribution < -0.4 is 0 Å². The Morgan fingerprint density at radius 2 is 0.578 bits per heavy atom. The van der Waals surface area contributed by atoms with Gasteiger partial charge in [0.1, 0.15) is 13.2 Å². The van der Waals surface area contributed by atoms with E-state index in [1.807, 2.05) is 0 Å². The molecule has 0 aromatic rings. The van der Waals surface area contributed by atoms with E-state index < -0.39 is 6.10 Å². The molecule has 0 rings (SSSR count). The van der Waals surface area contributed by atoms with Crippen LogP contribution in [0, 0.1) is 0 Å². The standard InChI is InChI=1S/C58H106O6/c1-4-7-10-13-16-19-22-25-27-28-29-30-31-34-36-39-42-45-48-51-57(60)63-54-55(53-62-56(59)50-47-44-41-38-35-32-24-21-18-15-12-9-6-3)64-58(61)52-49-46-43-40-37-33-26-23-20-17-14-11-8-5-2/h14,17,21,23-24,26,55H,4-13,15-16,18-20,22,25,27-54H2,1-3H3/b17-14-,24-21-,26-23-/t55-/m1/s1. The van der Waals surface area contributed by atoms with Gasteiger partial charge in [-0.3, -0.25) is 14.4 Å². The molecule has 374 valence electrons. The highest BCUT2D eigenvalue weighted by Gasteiger charge is 2.19. The molecule has 0 heterocycles. The quantitative estimate of drug-likeness (QED) is 0.0262. The molecule has 0 aliphatic rings. The molecule has 0 bridgehead atoms. The van der Waals surface area contributed by atoms with Crippen molar-refractivity contribution in [2.24, 2.45) is 0 Å². The zero-order valence-electron chi connectivity index (χ0n) is 42.8. The van der Waals surface area contributed by atoms with Crippen LogP contribution in [0.1, 0.15) is 297 Å². The average Bonchev–Trinajstić information content (AvgIpc) is 3.29. The van der Waals surface area contributed by atoms with Crippen LogP contribution in [-0.2, 0) is 28.6 Å². The van der Waals surface area contributed by atoms with E-state index in [9.17, 15) is 14.4 Å². The minimum Gasteiger partial charge on any atom is -0.462 e. The number of esters is 3. The first-order valence-corrected chi connectivity index (χ1v) is 28.0. The number of carbonyl (C=O) groups excluding carboxylic acids is 3. The van der Waals surface area contributed by atoms with E-state index >= 15 is 0 Å². The summed E-state index contributed by atoms with van der Waals surface area (Å²) in [5, 5.41) is 0. The van der Waals surface area contributed by atoms with Crippen LogP contribution in [0.5, 0.6) is 0 Å². The minimum absolute atomic E-state index is 0.0772. The maximum atomic E-state index is 12.8. The summed E-state index contributed by atoms with van der Waals surface area (Å²) in [6.07, 6.45) is 62.7. The minimum atomic E-state index is -0.779. The zero-order chi connectivity index (χ0) is 46.5. The highest BCUT2D eigenvalue weighted by Crippen LogP contribution is 2.16. The lowest BCUT2D eigenvalue weighted by molar-refractivity contribution is -0.167. The highest BCUT2D eigenvalue weighted by atomic mass is 16.6. The van der Waals surface area contributed by atoms with Gasteiger partial charge in [-0.1, -0.05) is 243 Å². The van der Waals surface area contributed by atoms with Crippen molar-refractivity contribution in [3.8, 4) is 0 Å². The number of hydrogen-bond acceptors (Lipinski definition) is 6. The molecule has 0 aromatic carbocycles. The molecule has 0 unspecified atom stereocenters. The summed E-state index contributed by atoms with van der Waals surface area (Å²) in [6.45, 7) is 6.60. The van der Waals surface area contributed by atoms with Gasteiger partial charge in [0.15, 0.2) is 6.10 Å². The molecule has 0 saturated carbocycles. The number of unbranched alkanes of at least 4 members (excludes halogenated alkanes) is 34. The zero-order valence-corrected chi connectivity index (χ0v) is 42.8. The highest BCUT2D eigenvalue weighted by molar-refractivity contribution is 5.71. The Bertz CT molecular complexity index is 1080. The molecule has 6 nitrogen and oxygen atoms in total. The molecule has 0 saturated heterocycles. The lowest BCUT2D eigenvalue weighted by Crippen LogP contribution is -2.30. The molecule has 0 amide bonds. The van der Waals surface area contributed by atoms with Crippen LogP contribution in [-0.4, -0.2) is 37.2 Å². The lowest BCUT2D eigenvalue weighted by Gasteiger charge is -2.18. The second kappa shape index (κ2) is 53.2. The third-order valence-corrected chi connectivity index (χ3v) is 12.4. The van der Waals surface area contributed by atoms with Crippen LogP contribution in [0.3, 0.4) is 0 Å².